The van der Waals surface area contributed by atoms with Crippen LogP contribution in [0.25, 0.3) is 0 Å². The molecule has 3 atom stereocenters. The van der Waals surface area contributed by atoms with Crippen LogP contribution in [0.1, 0.15) is 42.7 Å². The molecule has 23 heavy (non-hydrogen) atoms. The van der Waals surface area contributed by atoms with Crippen LogP contribution in [-0.4, -0.2) is 18.3 Å². The molecule has 0 bridgehead atoms. The number of fused-ring (bicyclic) bond motifs is 1. The zero-order chi connectivity index (χ0) is 16.4. The molecule has 3 rings (SSSR count). The molecule has 0 saturated carbocycles. The van der Waals surface area contributed by atoms with E-state index in [0.717, 1.165) is 16.7 Å². The SMILES string of the molecule is COc1ccc2c(c1OCc1ccccc1)[C@@H](O)[C@H](C)O[C@@H]2C. The molecule has 0 aromatic heterocycles. The summed E-state index contributed by atoms with van der Waals surface area (Å²) in [6.45, 7) is 4.27. The highest BCUT2D eigenvalue weighted by molar-refractivity contribution is 5.53. The van der Waals surface area contributed by atoms with Gasteiger partial charge in [0.05, 0.1) is 19.3 Å². The first-order chi connectivity index (χ1) is 11.1. The van der Waals surface area contributed by atoms with Gasteiger partial charge in [0.25, 0.3) is 0 Å². The Morgan fingerprint density at radius 2 is 1.83 bits per heavy atom. The van der Waals surface area contributed by atoms with Gasteiger partial charge in [0.15, 0.2) is 11.5 Å². The van der Waals surface area contributed by atoms with Gasteiger partial charge in [0.2, 0.25) is 0 Å². The third kappa shape index (κ3) is 3.05. The summed E-state index contributed by atoms with van der Waals surface area (Å²) in [5.74, 6) is 1.23. The maximum atomic E-state index is 10.6. The lowest BCUT2D eigenvalue weighted by atomic mass is 9.91. The molecule has 1 aliphatic heterocycles. The van der Waals surface area contributed by atoms with Crippen molar-refractivity contribution in [1.82, 2.24) is 0 Å². The first-order valence-corrected chi connectivity index (χ1v) is 7.83. The summed E-state index contributed by atoms with van der Waals surface area (Å²) in [4.78, 5) is 0. The van der Waals surface area contributed by atoms with Crippen molar-refractivity contribution in [2.24, 2.45) is 0 Å². The number of benzene rings is 2. The van der Waals surface area contributed by atoms with Gasteiger partial charge in [0.1, 0.15) is 12.7 Å². The highest BCUT2D eigenvalue weighted by atomic mass is 16.5. The summed E-state index contributed by atoms with van der Waals surface area (Å²) in [6.07, 6.45) is -1.11. The lowest BCUT2D eigenvalue weighted by molar-refractivity contribution is -0.0820. The predicted octanol–water partition coefficient (Wildman–Crippen LogP) is 3.79. The lowest BCUT2D eigenvalue weighted by Crippen LogP contribution is -2.28. The molecule has 4 nitrogen and oxygen atoms in total. The highest BCUT2D eigenvalue weighted by Gasteiger charge is 2.34. The van der Waals surface area contributed by atoms with Crippen LogP contribution in [0.15, 0.2) is 42.5 Å². The van der Waals surface area contributed by atoms with Gasteiger partial charge in [-0.2, -0.15) is 0 Å². The standard InChI is InChI=1S/C19H22O4/c1-12-15-9-10-16(21-3)19(17(15)18(20)13(2)23-12)22-11-14-7-5-4-6-8-14/h4-10,12-13,18,20H,11H2,1-3H3/t12-,13+,18+/m1/s1. The van der Waals surface area contributed by atoms with Crippen molar-refractivity contribution >= 4 is 0 Å². The number of hydrogen-bond acceptors (Lipinski definition) is 4. The average molecular weight is 314 g/mol. The first-order valence-electron chi connectivity index (χ1n) is 7.83. The van der Waals surface area contributed by atoms with E-state index in [1.807, 2.05) is 56.3 Å². The molecule has 0 saturated heterocycles. The lowest BCUT2D eigenvalue weighted by Gasteiger charge is -2.34. The van der Waals surface area contributed by atoms with Crippen LogP contribution in [0.2, 0.25) is 0 Å². The van der Waals surface area contributed by atoms with Crippen molar-refractivity contribution in [3.8, 4) is 11.5 Å². The Morgan fingerprint density at radius 3 is 2.52 bits per heavy atom. The Labute approximate surface area is 136 Å². The maximum absolute atomic E-state index is 10.6. The van der Waals surface area contributed by atoms with E-state index in [1.54, 1.807) is 7.11 Å². The second-order valence-corrected chi connectivity index (χ2v) is 5.80. The van der Waals surface area contributed by atoms with Crippen LogP contribution in [0.3, 0.4) is 0 Å². The van der Waals surface area contributed by atoms with Crippen LogP contribution in [0, 0.1) is 0 Å². The monoisotopic (exact) mass is 314 g/mol. The molecule has 1 heterocycles. The largest absolute Gasteiger partial charge is 0.493 e. The van der Waals surface area contributed by atoms with E-state index in [-0.39, 0.29) is 12.2 Å². The van der Waals surface area contributed by atoms with Gasteiger partial charge in [0, 0.05) is 5.56 Å². The summed E-state index contributed by atoms with van der Waals surface area (Å²) < 4.78 is 17.3. The maximum Gasteiger partial charge on any atom is 0.167 e. The summed E-state index contributed by atoms with van der Waals surface area (Å²) in [5.41, 5.74) is 2.78. The Bertz CT molecular complexity index is 669. The molecule has 0 fully saturated rings. The molecule has 0 spiro atoms. The molecule has 1 aliphatic rings. The van der Waals surface area contributed by atoms with Gasteiger partial charge >= 0.3 is 0 Å². The minimum absolute atomic E-state index is 0.0895. The number of rotatable bonds is 4. The molecule has 2 aromatic carbocycles. The first kappa shape index (κ1) is 15.8. The van der Waals surface area contributed by atoms with Crippen molar-refractivity contribution in [1.29, 1.82) is 0 Å². The van der Waals surface area contributed by atoms with Gasteiger partial charge in [-0.15, -0.1) is 0 Å². The molecule has 1 N–H and O–H groups in total. The summed E-state index contributed by atoms with van der Waals surface area (Å²) in [6, 6.07) is 13.7. The van der Waals surface area contributed by atoms with Crippen LogP contribution in [0.4, 0.5) is 0 Å². The van der Waals surface area contributed by atoms with Crippen molar-refractivity contribution < 1.29 is 19.3 Å². The minimum Gasteiger partial charge on any atom is -0.493 e. The third-order valence-electron chi connectivity index (χ3n) is 4.24. The van der Waals surface area contributed by atoms with Gasteiger partial charge in [-0.3, -0.25) is 0 Å². The molecule has 0 aliphatic carbocycles. The fourth-order valence-electron chi connectivity index (χ4n) is 3.00. The van der Waals surface area contributed by atoms with Gasteiger partial charge in [-0.25, -0.2) is 0 Å². The highest BCUT2D eigenvalue weighted by Crippen LogP contribution is 2.45. The fraction of sp³-hybridized carbons (Fsp3) is 0.368. The zero-order valence-corrected chi connectivity index (χ0v) is 13.7. The van der Waals surface area contributed by atoms with E-state index >= 15 is 0 Å². The van der Waals surface area contributed by atoms with Crippen molar-refractivity contribution in [2.45, 2.75) is 38.8 Å². The molecular weight excluding hydrogens is 292 g/mol. The summed E-state index contributed by atoms with van der Waals surface area (Å²) in [7, 11) is 1.61. The van der Waals surface area contributed by atoms with E-state index in [0.29, 0.717) is 18.1 Å². The number of ether oxygens (including phenoxy) is 3. The Hall–Kier alpha value is -2.04. The summed E-state index contributed by atoms with van der Waals surface area (Å²) >= 11 is 0. The van der Waals surface area contributed by atoms with E-state index in [9.17, 15) is 5.11 Å². The zero-order valence-electron chi connectivity index (χ0n) is 13.7. The van der Waals surface area contributed by atoms with Crippen molar-refractivity contribution in [2.75, 3.05) is 7.11 Å². The Balaban J connectivity index is 1.99. The molecular formula is C19H22O4. The van der Waals surface area contributed by atoms with E-state index in [4.69, 9.17) is 14.2 Å². The Morgan fingerprint density at radius 1 is 1.09 bits per heavy atom. The van der Waals surface area contributed by atoms with Gasteiger partial charge < -0.3 is 19.3 Å². The summed E-state index contributed by atoms with van der Waals surface area (Å²) in [5, 5.41) is 10.6. The molecule has 0 unspecified atom stereocenters. The fourth-order valence-corrected chi connectivity index (χ4v) is 3.00. The smallest absolute Gasteiger partial charge is 0.167 e. The number of methoxy groups -OCH3 is 1. The van der Waals surface area contributed by atoms with Crippen LogP contribution < -0.4 is 9.47 Å². The van der Waals surface area contributed by atoms with Crippen LogP contribution >= 0.6 is 0 Å². The molecule has 0 amide bonds. The van der Waals surface area contributed by atoms with Crippen LogP contribution in [-0.2, 0) is 11.3 Å². The van der Waals surface area contributed by atoms with E-state index < -0.39 is 6.10 Å². The molecule has 122 valence electrons. The molecule has 0 radical (unpaired) electrons. The van der Waals surface area contributed by atoms with Gasteiger partial charge in [-0.05, 0) is 31.0 Å². The average Bonchev–Trinajstić information content (AvgIpc) is 2.58. The number of aliphatic hydroxyl groups excluding tert-OH is 1. The number of hydrogen-bond donors (Lipinski definition) is 1. The minimum atomic E-state index is -0.734. The van der Waals surface area contributed by atoms with E-state index in [1.165, 1.54) is 0 Å². The second kappa shape index (κ2) is 6.60. The molecule has 2 aromatic rings. The third-order valence-corrected chi connectivity index (χ3v) is 4.24. The van der Waals surface area contributed by atoms with Gasteiger partial charge in [-0.1, -0.05) is 36.4 Å². The Kier molecular flexibility index (Phi) is 4.55. The van der Waals surface area contributed by atoms with Crippen molar-refractivity contribution in [3.05, 3.63) is 59.2 Å². The van der Waals surface area contributed by atoms with Crippen molar-refractivity contribution in [3.63, 3.8) is 0 Å². The second-order valence-electron chi connectivity index (χ2n) is 5.80. The topological polar surface area (TPSA) is 47.9 Å². The van der Waals surface area contributed by atoms with Crippen LogP contribution in [0.5, 0.6) is 11.5 Å². The van der Waals surface area contributed by atoms with E-state index in [2.05, 4.69) is 0 Å². The normalized spacial score (nSPS) is 23.2. The quantitative estimate of drug-likeness (QED) is 0.933. The number of aliphatic hydroxyl groups is 1. The predicted molar refractivity (Wildman–Crippen MR) is 87.7 cm³/mol. The molecule has 4 heteroatoms.